The Bertz CT molecular complexity index is 456. The van der Waals surface area contributed by atoms with Crippen molar-refractivity contribution < 1.29 is 0 Å². The van der Waals surface area contributed by atoms with E-state index in [2.05, 4.69) is 62.0 Å². The van der Waals surface area contributed by atoms with Crippen LogP contribution in [0.2, 0.25) is 0 Å². The molecule has 0 spiro atoms. The fourth-order valence-electron chi connectivity index (χ4n) is 1.78. The van der Waals surface area contributed by atoms with Crippen molar-refractivity contribution in [2.24, 2.45) is 0 Å². The molecule has 2 rings (SSSR count). The Hall–Kier alpha value is -0.780. The zero-order valence-corrected chi connectivity index (χ0v) is 12.7. The molecule has 2 aromatic rings. The lowest BCUT2D eigenvalue weighted by molar-refractivity contribution is 0.517. The molecule has 0 bridgehead atoms. The summed E-state index contributed by atoms with van der Waals surface area (Å²) in [5, 5.41) is 9.73. The molecule has 0 saturated carbocycles. The highest BCUT2D eigenvalue weighted by Crippen LogP contribution is 2.19. The van der Waals surface area contributed by atoms with Crippen molar-refractivity contribution in [3.63, 3.8) is 0 Å². The van der Waals surface area contributed by atoms with Gasteiger partial charge < -0.3 is 5.32 Å². The Morgan fingerprint density at radius 1 is 1.33 bits per heavy atom. The van der Waals surface area contributed by atoms with Crippen LogP contribution < -0.4 is 5.32 Å². The fourth-order valence-corrected chi connectivity index (χ4v) is 2.55. The summed E-state index contributed by atoms with van der Waals surface area (Å²) in [4.78, 5) is 0. The molecule has 5 heteroatoms. The van der Waals surface area contributed by atoms with Crippen LogP contribution in [0.5, 0.6) is 0 Å². The van der Waals surface area contributed by atoms with Gasteiger partial charge in [-0.2, -0.15) is 0 Å². The van der Waals surface area contributed by atoms with Gasteiger partial charge in [-0.3, -0.25) is 0 Å². The molecule has 1 heterocycles. The van der Waals surface area contributed by atoms with Crippen LogP contribution in [0.3, 0.4) is 0 Å². The van der Waals surface area contributed by atoms with Gasteiger partial charge in [0.2, 0.25) is 0 Å². The van der Waals surface area contributed by atoms with Crippen molar-refractivity contribution >= 4 is 27.5 Å². The monoisotopic (exact) mass is 325 g/mol. The average molecular weight is 326 g/mol. The number of aromatic nitrogens is 2. The summed E-state index contributed by atoms with van der Waals surface area (Å²) >= 11 is 4.86. The normalized spacial score (nSPS) is 12.6. The van der Waals surface area contributed by atoms with Gasteiger partial charge in [0, 0.05) is 9.85 Å². The van der Waals surface area contributed by atoms with Gasteiger partial charge in [0.25, 0.3) is 0 Å². The van der Waals surface area contributed by atoms with E-state index in [1.165, 1.54) is 17.1 Å². The van der Waals surface area contributed by atoms with Crippen LogP contribution in [0.1, 0.15) is 30.6 Å². The summed E-state index contributed by atoms with van der Waals surface area (Å²) in [6, 6.07) is 8.69. The summed E-state index contributed by atoms with van der Waals surface area (Å²) in [7, 11) is 0. The highest BCUT2D eigenvalue weighted by atomic mass is 79.9. The molecule has 0 fully saturated rings. The number of nitrogens with zero attached hydrogens (tertiary/aromatic N) is 2. The SMILES string of the molecule is CCCNC(Cc1ccc(Br)cc1)c1csnn1. The molecule has 0 radical (unpaired) electrons. The summed E-state index contributed by atoms with van der Waals surface area (Å²) in [6.07, 6.45) is 2.06. The number of hydrogen-bond acceptors (Lipinski definition) is 4. The predicted octanol–water partition coefficient (Wildman–Crippen LogP) is 3.58. The van der Waals surface area contributed by atoms with Gasteiger partial charge in [0.15, 0.2) is 0 Å². The molecule has 3 nitrogen and oxygen atoms in total. The molecular formula is C13H16BrN3S. The third kappa shape index (κ3) is 3.86. The number of benzene rings is 1. The van der Waals surface area contributed by atoms with Gasteiger partial charge in [-0.15, -0.1) is 5.10 Å². The van der Waals surface area contributed by atoms with Crippen molar-refractivity contribution in [3.8, 4) is 0 Å². The smallest absolute Gasteiger partial charge is 0.0928 e. The van der Waals surface area contributed by atoms with E-state index in [4.69, 9.17) is 0 Å². The average Bonchev–Trinajstić information content (AvgIpc) is 2.90. The molecule has 1 aromatic carbocycles. The van der Waals surface area contributed by atoms with Gasteiger partial charge >= 0.3 is 0 Å². The Labute approximate surface area is 120 Å². The van der Waals surface area contributed by atoms with E-state index in [-0.39, 0.29) is 6.04 Å². The second-order valence-corrected chi connectivity index (χ2v) is 5.69. The maximum atomic E-state index is 4.18. The molecule has 1 N–H and O–H groups in total. The van der Waals surface area contributed by atoms with E-state index in [0.717, 1.165) is 29.6 Å². The zero-order valence-electron chi connectivity index (χ0n) is 10.3. The molecule has 1 unspecified atom stereocenters. The minimum atomic E-state index is 0.255. The topological polar surface area (TPSA) is 37.8 Å². The Kier molecular flexibility index (Phi) is 5.28. The van der Waals surface area contributed by atoms with Crippen molar-refractivity contribution in [1.29, 1.82) is 0 Å². The van der Waals surface area contributed by atoms with Gasteiger partial charge in [0.1, 0.15) is 0 Å². The largest absolute Gasteiger partial charge is 0.308 e. The number of nitrogens with one attached hydrogen (secondary N) is 1. The fraction of sp³-hybridized carbons (Fsp3) is 0.385. The summed E-state index contributed by atoms with van der Waals surface area (Å²) < 4.78 is 5.06. The highest BCUT2D eigenvalue weighted by molar-refractivity contribution is 9.10. The second-order valence-electron chi connectivity index (χ2n) is 4.17. The lowest BCUT2D eigenvalue weighted by atomic mass is 10.0. The molecule has 18 heavy (non-hydrogen) atoms. The minimum absolute atomic E-state index is 0.255. The van der Waals surface area contributed by atoms with E-state index in [1.807, 2.05) is 5.38 Å². The highest BCUT2D eigenvalue weighted by Gasteiger charge is 2.14. The van der Waals surface area contributed by atoms with E-state index in [1.54, 1.807) is 0 Å². The first-order valence-electron chi connectivity index (χ1n) is 6.04. The summed E-state index contributed by atoms with van der Waals surface area (Å²) in [6.45, 7) is 3.17. The standard InChI is InChI=1S/C13H16BrN3S/c1-2-7-15-12(13-9-18-17-16-13)8-10-3-5-11(14)6-4-10/h3-6,9,12,15H,2,7-8H2,1H3. The van der Waals surface area contributed by atoms with Crippen molar-refractivity contribution in [2.75, 3.05) is 6.54 Å². The van der Waals surface area contributed by atoms with Crippen LogP contribution in [-0.2, 0) is 6.42 Å². The predicted molar refractivity (Wildman–Crippen MR) is 78.8 cm³/mol. The van der Waals surface area contributed by atoms with Crippen LogP contribution in [0.4, 0.5) is 0 Å². The van der Waals surface area contributed by atoms with Crippen molar-refractivity contribution in [3.05, 3.63) is 45.4 Å². The van der Waals surface area contributed by atoms with Gasteiger partial charge in [0.05, 0.1) is 11.7 Å². The van der Waals surface area contributed by atoms with Gasteiger partial charge in [-0.05, 0) is 48.6 Å². The van der Waals surface area contributed by atoms with E-state index >= 15 is 0 Å². The van der Waals surface area contributed by atoms with Gasteiger partial charge in [-0.1, -0.05) is 39.5 Å². The molecule has 1 aromatic heterocycles. The molecule has 96 valence electrons. The molecular weight excluding hydrogens is 310 g/mol. The Balaban J connectivity index is 2.07. The van der Waals surface area contributed by atoms with E-state index in [9.17, 15) is 0 Å². The quantitative estimate of drug-likeness (QED) is 0.882. The number of rotatable bonds is 6. The molecule has 1 atom stereocenters. The Morgan fingerprint density at radius 3 is 2.72 bits per heavy atom. The van der Waals surface area contributed by atoms with Gasteiger partial charge in [-0.25, -0.2) is 0 Å². The van der Waals surface area contributed by atoms with Crippen molar-refractivity contribution in [1.82, 2.24) is 14.9 Å². The maximum Gasteiger partial charge on any atom is 0.0928 e. The van der Waals surface area contributed by atoms with Crippen molar-refractivity contribution in [2.45, 2.75) is 25.8 Å². The molecule has 0 amide bonds. The lowest BCUT2D eigenvalue weighted by Gasteiger charge is -2.16. The first kappa shape index (κ1) is 13.6. The van der Waals surface area contributed by atoms with E-state index < -0.39 is 0 Å². The summed E-state index contributed by atoms with van der Waals surface area (Å²) in [5.74, 6) is 0. The maximum absolute atomic E-state index is 4.18. The first-order chi connectivity index (χ1) is 8.79. The molecule has 0 aliphatic heterocycles. The third-order valence-corrected chi connectivity index (χ3v) is 3.78. The van der Waals surface area contributed by atoms with Crippen LogP contribution in [0.15, 0.2) is 34.1 Å². The second kappa shape index (κ2) is 6.97. The van der Waals surface area contributed by atoms with Crippen LogP contribution in [0.25, 0.3) is 0 Å². The molecule has 0 aliphatic rings. The Morgan fingerprint density at radius 2 is 2.11 bits per heavy atom. The third-order valence-electron chi connectivity index (χ3n) is 2.73. The number of halogens is 1. The van der Waals surface area contributed by atoms with Crippen LogP contribution in [-0.4, -0.2) is 16.1 Å². The number of hydrogen-bond donors (Lipinski definition) is 1. The van der Waals surface area contributed by atoms with E-state index in [0.29, 0.717) is 0 Å². The minimum Gasteiger partial charge on any atom is -0.308 e. The molecule has 0 saturated heterocycles. The van der Waals surface area contributed by atoms with Crippen LogP contribution >= 0.6 is 27.5 Å². The first-order valence-corrected chi connectivity index (χ1v) is 7.67. The zero-order chi connectivity index (χ0) is 12.8. The molecule has 0 aliphatic carbocycles. The lowest BCUT2D eigenvalue weighted by Crippen LogP contribution is -2.24. The van der Waals surface area contributed by atoms with Crippen LogP contribution in [0, 0.1) is 0 Å². The summed E-state index contributed by atoms with van der Waals surface area (Å²) in [5.41, 5.74) is 2.34.